The Morgan fingerprint density at radius 2 is 1.84 bits per heavy atom. The average Bonchev–Trinajstić information content (AvgIpc) is 3.29. The molecule has 0 aliphatic rings. The molecule has 0 spiro atoms. The number of aromatic hydroxyl groups is 1. The molecule has 8 heteroatoms. The third-order valence-corrected chi connectivity index (χ3v) is 5.57. The molecule has 4 aromatic rings. The molecule has 4 rings (SSSR count). The van der Waals surface area contributed by atoms with Crippen LogP contribution in [0.25, 0.3) is 16.8 Å². The van der Waals surface area contributed by atoms with Gasteiger partial charge in [0.05, 0.1) is 11.3 Å². The van der Waals surface area contributed by atoms with E-state index in [4.69, 9.17) is 11.6 Å². The van der Waals surface area contributed by atoms with Gasteiger partial charge in [-0.1, -0.05) is 23.7 Å². The Hall–Kier alpha value is -3.45. The van der Waals surface area contributed by atoms with Crippen molar-refractivity contribution in [1.82, 2.24) is 19.6 Å². The van der Waals surface area contributed by atoms with Crippen LogP contribution in [0, 0.1) is 12.7 Å². The van der Waals surface area contributed by atoms with E-state index in [-0.39, 0.29) is 22.6 Å². The molecule has 158 valence electrons. The van der Waals surface area contributed by atoms with Gasteiger partial charge in [-0.15, -0.1) is 0 Å². The highest BCUT2D eigenvalue weighted by Crippen LogP contribution is 2.36. The van der Waals surface area contributed by atoms with Crippen molar-refractivity contribution < 1.29 is 9.50 Å². The van der Waals surface area contributed by atoms with Gasteiger partial charge in [0, 0.05) is 30.0 Å². The van der Waals surface area contributed by atoms with E-state index in [0.717, 1.165) is 15.9 Å². The van der Waals surface area contributed by atoms with Crippen LogP contribution in [-0.2, 0) is 19.9 Å². The van der Waals surface area contributed by atoms with Crippen LogP contribution in [0.15, 0.2) is 59.7 Å². The fraction of sp³-hybridized carbons (Fsp3) is 0.174. The van der Waals surface area contributed by atoms with Crippen molar-refractivity contribution in [3.8, 4) is 22.6 Å². The molecule has 0 aliphatic heterocycles. The number of aromatic nitrogens is 4. The third kappa shape index (κ3) is 3.96. The Bertz CT molecular complexity index is 1300. The normalized spacial score (nSPS) is 11.1. The summed E-state index contributed by atoms with van der Waals surface area (Å²) in [6, 6.07) is 12.4. The fourth-order valence-corrected chi connectivity index (χ4v) is 3.85. The SMILES string of the molecule is Cc1nn(C)c(=O)c(-c2c(F)ccc(Cl)c2CCc2ccc(-n3cccn3)cc2)c1O. The van der Waals surface area contributed by atoms with Crippen LogP contribution in [0.2, 0.25) is 5.02 Å². The van der Waals surface area contributed by atoms with Crippen LogP contribution in [0.4, 0.5) is 4.39 Å². The zero-order chi connectivity index (χ0) is 22.1. The van der Waals surface area contributed by atoms with E-state index >= 15 is 0 Å². The Morgan fingerprint density at radius 3 is 2.52 bits per heavy atom. The van der Waals surface area contributed by atoms with Crippen LogP contribution in [0.3, 0.4) is 0 Å². The Kier molecular flexibility index (Phi) is 5.61. The van der Waals surface area contributed by atoms with E-state index in [1.165, 1.54) is 19.2 Å². The van der Waals surface area contributed by atoms with Gasteiger partial charge < -0.3 is 5.11 Å². The molecular formula is C23H20ClFN4O2. The summed E-state index contributed by atoms with van der Waals surface area (Å²) in [6.07, 6.45) is 4.52. The zero-order valence-electron chi connectivity index (χ0n) is 17.0. The Balaban J connectivity index is 1.71. The van der Waals surface area contributed by atoms with Crippen molar-refractivity contribution in [3.05, 3.63) is 92.9 Å². The van der Waals surface area contributed by atoms with Gasteiger partial charge in [0.15, 0.2) is 5.75 Å². The summed E-state index contributed by atoms with van der Waals surface area (Å²) < 4.78 is 17.8. The monoisotopic (exact) mass is 438 g/mol. The van der Waals surface area contributed by atoms with E-state index in [1.54, 1.807) is 17.8 Å². The van der Waals surface area contributed by atoms with E-state index in [0.29, 0.717) is 23.4 Å². The molecular weight excluding hydrogens is 419 g/mol. The van der Waals surface area contributed by atoms with Crippen molar-refractivity contribution in [1.29, 1.82) is 0 Å². The second kappa shape index (κ2) is 8.35. The van der Waals surface area contributed by atoms with Crippen molar-refractivity contribution in [2.24, 2.45) is 7.05 Å². The number of rotatable bonds is 5. The summed E-state index contributed by atoms with van der Waals surface area (Å²) in [6.45, 7) is 1.56. The summed E-state index contributed by atoms with van der Waals surface area (Å²) in [7, 11) is 1.46. The van der Waals surface area contributed by atoms with Gasteiger partial charge in [-0.25, -0.2) is 13.8 Å². The molecule has 0 atom stereocenters. The molecule has 1 N–H and O–H groups in total. The van der Waals surface area contributed by atoms with Gasteiger partial charge in [0.2, 0.25) is 0 Å². The highest BCUT2D eigenvalue weighted by molar-refractivity contribution is 6.31. The number of aryl methyl sites for hydroxylation is 3. The maximum Gasteiger partial charge on any atom is 0.278 e. The predicted molar refractivity (Wildman–Crippen MR) is 117 cm³/mol. The summed E-state index contributed by atoms with van der Waals surface area (Å²) >= 11 is 6.41. The van der Waals surface area contributed by atoms with Crippen LogP contribution in [-0.4, -0.2) is 24.7 Å². The number of hydrogen-bond acceptors (Lipinski definition) is 4. The molecule has 2 aromatic heterocycles. The van der Waals surface area contributed by atoms with Gasteiger partial charge >= 0.3 is 0 Å². The zero-order valence-corrected chi connectivity index (χ0v) is 17.8. The fourth-order valence-electron chi connectivity index (χ4n) is 3.60. The lowest BCUT2D eigenvalue weighted by Crippen LogP contribution is -2.23. The molecule has 0 radical (unpaired) electrons. The highest BCUT2D eigenvalue weighted by Gasteiger charge is 2.23. The molecule has 2 aromatic carbocycles. The first-order valence-electron chi connectivity index (χ1n) is 9.70. The minimum Gasteiger partial charge on any atom is -0.505 e. The van der Waals surface area contributed by atoms with Crippen molar-refractivity contribution >= 4 is 11.6 Å². The van der Waals surface area contributed by atoms with Gasteiger partial charge in [-0.3, -0.25) is 4.79 Å². The van der Waals surface area contributed by atoms with Crippen LogP contribution < -0.4 is 5.56 Å². The Morgan fingerprint density at radius 1 is 1.10 bits per heavy atom. The quantitative estimate of drug-likeness (QED) is 0.506. The molecule has 31 heavy (non-hydrogen) atoms. The van der Waals surface area contributed by atoms with Crippen molar-refractivity contribution in [2.45, 2.75) is 19.8 Å². The first-order chi connectivity index (χ1) is 14.9. The molecule has 0 saturated heterocycles. The highest BCUT2D eigenvalue weighted by atomic mass is 35.5. The molecule has 0 aliphatic carbocycles. The van der Waals surface area contributed by atoms with Crippen LogP contribution in [0.1, 0.15) is 16.8 Å². The van der Waals surface area contributed by atoms with Gasteiger partial charge in [0.1, 0.15) is 11.5 Å². The summed E-state index contributed by atoms with van der Waals surface area (Å²) in [5.41, 5.74) is 1.95. The smallest absolute Gasteiger partial charge is 0.278 e. The summed E-state index contributed by atoms with van der Waals surface area (Å²) in [5.74, 6) is -0.958. The predicted octanol–water partition coefficient (Wildman–Crippen LogP) is 4.22. The maximum absolute atomic E-state index is 14.9. The van der Waals surface area contributed by atoms with E-state index in [2.05, 4.69) is 10.2 Å². The standard InChI is InChI=1S/C23H20ClFN4O2/c1-14-22(30)21(23(31)28(2)27-14)20-17(18(24)10-11-19(20)25)9-6-15-4-7-16(8-5-15)29-13-3-12-26-29/h3-5,7-8,10-13,30H,6,9H2,1-2H3. The lowest BCUT2D eigenvalue weighted by atomic mass is 9.94. The van der Waals surface area contributed by atoms with E-state index in [1.807, 2.05) is 36.5 Å². The second-order valence-corrected chi connectivity index (χ2v) is 7.64. The first kappa shape index (κ1) is 20.8. The summed E-state index contributed by atoms with van der Waals surface area (Å²) in [5, 5.41) is 19.0. The maximum atomic E-state index is 14.9. The number of halogens is 2. The topological polar surface area (TPSA) is 72.9 Å². The average molecular weight is 439 g/mol. The molecule has 0 fully saturated rings. The largest absolute Gasteiger partial charge is 0.505 e. The molecule has 0 bridgehead atoms. The van der Waals surface area contributed by atoms with E-state index < -0.39 is 11.4 Å². The molecule has 0 amide bonds. The first-order valence-corrected chi connectivity index (χ1v) is 10.1. The lowest BCUT2D eigenvalue weighted by Gasteiger charge is -2.15. The summed E-state index contributed by atoms with van der Waals surface area (Å²) in [4.78, 5) is 12.7. The van der Waals surface area contributed by atoms with Gasteiger partial charge in [-0.05, 0) is 61.2 Å². The Labute approximate surface area is 183 Å². The van der Waals surface area contributed by atoms with E-state index in [9.17, 15) is 14.3 Å². The number of benzene rings is 2. The third-order valence-electron chi connectivity index (χ3n) is 5.21. The van der Waals surface area contributed by atoms with Gasteiger partial charge in [-0.2, -0.15) is 10.2 Å². The lowest BCUT2D eigenvalue weighted by molar-refractivity contribution is 0.460. The molecule has 2 heterocycles. The van der Waals surface area contributed by atoms with Crippen molar-refractivity contribution in [3.63, 3.8) is 0 Å². The number of nitrogens with zero attached hydrogens (tertiary/aromatic N) is 4. The van der Waals surface area contributed by atoms with Crippen LogP contribution >= 0.6 is 11.6 Å². The second-order valence-electron chi connectivity index (χ2n) is 7.24. The van der Waals surface area contributed by atoms with Crippen LogP contribution in [0.5, 0.6) is 5.75 Å². The van der Waals surface area contributed by atoms with Gasteiger partial charge in [0.25, 0.3) is 5.56 Å². The molecule has 6 nitrogen and oxygen atoms in total. The van der Waals surface area contributed by atoms with Crippen molar-refractivity contribution in [2.75, 3.05) is 0 Å². The minimum atomic E-state index is -0.619. The molecule has 0 unspecified atom stereocenters. The number of hydrogen-bond donors (Lipinski definition) is 1. The molecule has 0 saturated carbocycles. The minimum absolute atomic E-state index is 0.0178.